The highest BCUT2D eigenvalue weighted by Gasteiger charge is 2.79. The molecule has 0 bridgehead atoms. The van der Waals surface area contributed by atoms with Gasteiger partial charge in [-0.3, -0.25) is 15.1 Å². The molecule has 7 nitrogen and oxygen atoms in total. The molecule has 172 valence electrons. The number of halogens is 7. The van der Waals surface area contributed by atoms with Crippen molar-refractivity contribution >= 4 is 29.3 Å². The molecule has 1 unspecified atom stereocenters. The molecule has 1 saturated heterocycles. The Bertz CT molecular complexity index is 1160. The number of carbonyl (C=O) groups is 2. The highest BCUT2D eigenvalue weighted by Crippen LogP contribution is 2.53. The van der Waals surface area contributed by atoms with Crippen LogP contribution in [0.4, 0.5) is 41.2 Å². The summed E-state index contributed by atoms with van der Waals surface area (Å²) in [6, 6.07) is 4.49. The summed E-state index contributed by atoms with van der Waals surface area (Å²) in [7, 11) is 0. The van der Waals surface area contributed by atoms with Gasteiger partial charge in [0.2, 0.25) is 5.91 Å². The van der Waals surface area contributed by atoms with E-state index >= 15 is 0 Å². The highest BCUT2D eigenvalue weighted by atomic mass is 19.4. The van der Waals surface area contributed by atoms with Crippen LogP contribution in [0.15, 0.2) is 58.8 Å². The zero-order chi connectivity index (χ0) is 24.2. The smallest absolute Gasteiger partial charge is 0.277 e. The van der Waals surface area contributed by atoms with Gasteiger partial charge in [-0.2, -0.15) is 26.3 Å². The van der Waals surface area contributed by atoms with Crippen molar-refractivity contribution in [2.24, 2.45) is 15.9 Å². The molecule has 14 heteroatoms. The molecule has 1 aromatic heterocycles. The van der Waals surface area contributed by atoms with Crippen molar-refractivity contribution in [3.63, 3.8) is 0 Å². The molecule has 0 spiro atoms. The number of benzene rings is 1. The number of pyridine rings is 1. The fourth-order valence-electron chi connectivity index (χ4n) is 3.52. The van der Waals surface area contributed by atoms with Crippen molar-refractivity contribution in [1.29, 1.82) is 0 Å². The van der Waals surface area contributed by atoms with Crippen molar-refractivity contribution in [3.8, 4) is 0 Å². The molecule has 1 aromatic carbocycles. The number of aliphatic imine (C=N–C) groups is 2. The van der Waals surface area contributed by atoms with E-state index in [0.717, 1.165) is 36.5 Å². The maximum atomic E-state index is 14.2. The summed E-state index contributed by atoms with van der Waals surface area (Å²) < 4.78 is 98.4. The van der Waals surface area contributed by atoms with Gasteiger partial charge >= 0.3 is 18.4 Å². The normalized spacial score (nSPS) is 20.6. The molecule has 1 N–H and O–H groups in total. The number of aromatic nitrogens is 1. The zero-order valence-electron chi connectivity index (χ0n) is 15.9. The molecule has 33 heavy (non-hydrogen) atoms. The van der Waals surface area contributed by atoms with Crippen LogP contribution in [0.3, 0.4) is 0 Å². The first-order valence-electron chi connectivity index (χ1n) is 8.99. The Hall–Kier alpha value is -3.84. The Morgan fingerprint density at radius 1 is 0.970 bits per heavy atom. The van der Waals surface area contributed by atoms with Crippen molar-refractivity contribution in [1.82, 2.24) is 10.3 Å². The number of hydrogen-bond acceptors (Lipinski definition) is 5. The Morgan fingerprint density at radius 3 is 2.15 bits per heavy atom. The van der Waals surface area contributed by atoms with E-state index in [1.807, 2.05) is 0 Å². The van der Waals surface area contributed by atoms with Crippen LogP contribution in [0, 0.1) is 11.7 Å². The quantitative estimate of drug-likeness (QED) is 0.677. The lowest BCUT2D eigenvalue weighted by atomic mass is 9.78. The van der Waals surface area contributed by atoms with Crippen molar-refractivity contribution in [2.45, 2.75) is 17.9 Å². The minimum Gasteiger partial charge on any atom is -0.277 e. The largest absolute Gasteiger partial charge is 0.423 e. The highest BCUT2D eigenvalue weighted by molar-refractivity contribution is 6.33. The van der Waals surface area contributed by atoms with Crippen LogP contribution in [-0.2, 0) is 4.79 Å². The Morgan fingerprint density at radius 2 is 1.61 bits per heavy atom. The van der Waals surface area contributed by atoms with E-state index in [9.17, 15) is 40.3 Å². The van der Waals surface area contributed by atoms with Crippen molar-refractivity contribution in [3.05, 3.63) is 60.2 Å². The van der Waals surface area contributed by atoms with Gasteiger partial charge in [0.1, 0.15) is 17.6 Å². The van der Waals surface area contributed by atoms with E-state index in [-0.39, 0.29) is 11.3 Å². The Labute approximate surface area is 179 Å². The number of hydrogen-bond donors (Lipinski definition) is 1. The number of carbonyl (C=O) groups excluding carboxylic acids is 2. The lowest BCUT2D eigenvalue weighted by molar-refractivity contribution is -0.302. The first-order chi connectivity index (χ1) is 15.4. The summed E-state index contributed by atoms with van der Waals surface area (Å²) >= 11 is 0. The molecule has 4 rings (SSSR count). The summed E-state index contributed by atoms with van der Waals surface area (Å²) in [5.74, 6) is -7.98. The van der Waals surface area contributed by atoms with Crippen LogP contribution in [0.25, 0.3) is 0 Å². The SMILES string of the molecule is O=C1NC(=O)N(c2ccc(F)cc2)C2=NC(c3cccnc3)=NC(C(F)(F)F)(C(F)(F)F)C12. The number of rotatable bonds is 2. The van der Waals surface area contributed by atoms with Gasteiger partial charge < -0.3 is 0 Å². The van der Waals surface area contributed by atoms with Gasteiger partial charge in [0.05, 0.1) is 5.69 Å². The lowest BCUT2D eigenvalue weighted by Gasteiger charge is -2.45. The van der Waals surface area contributed by atoms with E-state index in [2.05, 4.69) is 15.0 Å². The molecule has 1 atom stereocenters. The molecule has 3 amide bonds. The van der Waals surface area contributed by atoms with Gasteiger partial charge in [-0.25, -0.2) is 24.1 Å². The third kappa shape index (κ3) is 3.41. The molecular weight excluding hydrogens is 463 g/mol. The van der Waals surface area contributed by atoms with Gasteiger partial charge in [0.25, 0.3) is 5.54 Å². The van der Waals surface area contributed by atoms with E-state index in [1.54, 1.807) is 0 Å². The van der Waals surface area contributed by atoms with Crippen LogP contribution in [0.5, 0.6) is 0 Å². The number of fused-ring (bicyclic) bond motifs is 1. The van der Waals surface area contributed by atoms with Gasteiger partial charge in [-0.05, 0) is 36.4 Å². The summed E-state index contributed by atoms with van der Waals surface area (Å²) in [6.45, 7) is 0. The van der Waals surface area contributed by atoms with Crippen LogP contribution in [0.2, 0.25) is 0 Å². The van der Waals surface area contributed by atoms with E-state index in [4.69, 9.17) is 0 Å². The number of nitrogens with one attached hydrogen (secondary N) is 1. The van der Waals surface area contributed by atoms with Crippen molar-refractivity contribution < 1.29 is 40.3 Å². The number of alkyl halides is 6. The third-order valence-electron chi connectivity index (χ3n) is 4.97. The number of urea groups is 1. The van der Waals surface area contributed by atoms with Crippen LogP contribution < -0.4 is 10.2 Å². The zero-order valence-corrected chi connectivity index (χ0v) is 15.9. The first-order valence-corrected chi connectivity index (χ1v) is 8.99. The fourth-order valence-corrected chi connectivity index (χ4v) is 3.52. The van der Waals surface area contributed by atoms with E-state index < -0.39 is 53.2 Å². The molecule has 2 aliphatic heterocycles. The molecule has 2 aliphatic rings. The number of imide groups is 1. The van der Waals surface area contributed by atoms with Crippen LogP contribution >= 0.6 is 0 Å². The van der Waals surface area contributed by atoms with Gasteiger partial charge in [-0.1, -0.05) is 0 Å². The number of nitrogens with zero attached hydrogens (tertiary/aromatic N) is 4. The minimum atomic E-state index is -6.13. The number of amidine groups is 2. The lowest BCUT2D eigenvalue weighted by Crippen LogP contribution is -2.73. The third-order valence-corrected chi connectivity index (χ3v) is 4.97. The second-order valence-corrected chi connectivity index (χ2v) is 6.95. The molecule has 3 heterocycles. The Kier molecular flexibility index (Phi) is 4.98. The number of amides is 3. The van der Waals surface area contributed by atoms with Crippen molar-refractivity contribution in [2.75, 3.05) is 4.90 Å². The summed E-state index contributed by atoms with van der Waals surface area (Å²) in [5, 5.41) is 1.49. The van der Waals surface area contributed by atoms with Gasteiger partial charge in [-0.15, -0.1) is 0 Å². The van der Waals surface area contributed by atoms with E-state index in [1.165, 1.54) is 17.6 Å². The fraction of sp³-hybridized carbons (Fsp3) is 0.211. The predicted octanol–water partition coefficient (Wildman–Crippen LogP) is 3.62. The van der Waals surface area contributed by atoms with Gasteiger partial charge in [0.15, 0.2) is 5.84 Å². The second-order valence-electron chi connectivity index (χ2n) is 6.95. The van der Waals surface area contributed by atoms with E-state index in [0.29, 0.717) is 4.90 Å². The number of anilines is 1. The van der Waals surface area contributed by atoms with Gasteiger partial charge in [0, 0.05) is 18.0 Å². The monoisotopic (exact) mass is 473 g/mol. The summed E-state index contributed by atoms with van der Waals surface area (Å²) in [5.41, 5.74) is -5.61. The molecule has 2 aromatic rings. The predicted molar refractivity (Wildman–Crippen MR) is 99.0 cm³/mol. The molecule has 0 radical (unpaired) electrons. The average Bonchev–Trinajstić information content (AvgIpc) is 2.73. The molecular formula is C19H10F7N5O2. The maximum absolute atomic E-state index is 14.2. The molecule has 0 saturated carbocycles. The second kappa shape index (κ2) is 7.35. The van der Waals surface area contributed by atoms with Crippen LogP contribution in [0.1, 0.15) is 5.56 Å². The average molecular weight is 473 g/mol. The summed E-state index contributed by atoms with van der Waals surface area (Å²) in [4.78, 5) is 35.6. The summed E-state index contributed by atoms with van der Waals surface area (Å²) in [6.07, 6.45) is -10.1. The maximum Gasteiger partial charge on any atom is 0.423 e. The molecule has 0 aliphatic carbocycles. The standard InChI is InChI=1S/C19H10F7N5O2/c20-10-3-5-11(6-4-10)31-14-12(15(32)29-16(31)33)17(18(21,22)23,19(24,25)26)30-13(28-14)9-2-1-7-27-8-9/h1-8,12H,(H,29,32,33). The molecule has 1 fully saturated rings. The minimum absolute atomic E-state index is 0.321. The topological polar surface area (TPSA) is 87.0 Å². The Balaban J connectivity index is 2.05. The van der Waals surface area contributed by atoms with Crippen LogP contribution in [-0.4, -0.2) is 46.5 Å². The first kappa shape index (κ1) is 22.4.